The van der Waals surface area contributed by atoms with E-state index >= 15 is 0 Å². The first-order valence-electron chi connectivity index (χ1n) is 12.7. The molecule has 3 fully saturated rings. The summed E-state index contributed by atoms with van der Waals surface area (Å²) in [5.41, 5.74) is 7.27. The Hall–Kier alpha value is -4.06. The Morgan fingerprint density at radius 3 is 2.63 bits per heavy atom. The van der Waals surface area contributed by atoms with Gasteiger partial charge in [0.2, 0.25) is 0 Å². The zero-order chi connectivity index (χ0) is 26.5. The third-order valence-electron chi connectivity index (χ3n) is 8.11. The van der Waals surface area contributed by atoms with Gasteiger partial charge >= 0.3 is 0 Å². The molecule has 0 radical (unpaired) electrons. The molecule has 1 aromatic carbocycles. The number of benzene rings is 1. The van der Waals surface area contributed by atoms with Gasteiger partial charge in [0.1, 0.15) is 17.1 Å². The lowest BCUT2D eigenvalue weighted by molar-refractivity contribution is -0.118. The summed E-state index contributed by atoms with van der Waals surface area (Å²) in [6.07, 6.45) is 6.67. The zero-order valence-electron chi connectivity index (χ0n) is 20.7. The number of rotatable bonds is 6. The predicted octanol–water partition coefficient (Wildman–Crippen LogP) is 1.91. The van der Waals surface area contributed by atoms with Crippen LogP contribution in [-0.4, -0.2) is 51.0 Å². The number of fused-ring (bicyclic) bond motifs is 5. The maximum absolute atomic E-state index is 14.4. The molecule has 4 aliphatic rings. The first kappa shape index (κ1) is 24.3. The standard InChI is InChI=1S/C26H28FN7O4/c27-16-12-31-34-19(24(37)30-14-25-3-6-26(28,7-4-25)8-5-25)10-18(33-22(16)34)23(36)29-11-15-1-2-20-17(9-15)32-21(35)13-38-20/h1-2,9-10,12H,3-8,11,13-14,28H2,(H,29,36)(H,30,37)(H,32,35). The van der Waals surface area contributed by atoms with Crippen molar-refractivity contribution in [1.82, 2.24) is 25.2 Å². The Morgan fingerprint density at radius 1 is 1.11 bits per heavy atom. The largest absolute Gasteiger partial charge is 0.482 e. The van der Waals surface area contributed by atoms with E-state index in [0.29, 0.717) is 23.5 Å². The minimum Gasteiger partial charge on any atom is -0.482 e. The first-order chi connectivity index (χ1) is 18.2. The number of aromatic nitrogens is 3. The number of amides is 3. The molecule has 2 aromatic heterocycles. The van der Waals surface area contributed by atoms with Gasteiger partial charge < -0.3 is 26.4 Å². The van der Waals surface area contributed by atoms with Crippen molar-refractivity contribution in [3.63, 3.8) is 0 Å². The Morgan fingerprint density at radius 2 is 1.87 bits per heavy atom. The molecule has 2 bridgehead atoms. The smallest absolute Gasteiger partial charge is 0.270 e. The minimum absolute atomic E-state index is 0.0118. The second-order valence-electron chi connectivity index (χ2n) is 10.6. The van der Waals surface area contributed by atoms with Crippen LogP contribution in [0.15, 0.2) is 30.5 Å². The number of ether oxygens (including phenoxy) is 1. The average Bonchev–Trinajstić information content (AvgIpc) is 3.31. The quantitative estimate of drug-likeness (QED) is 0.387. The van der Waals surface area contributed by atoms with Crippen molar-refractivity contribution in [1.29, 1.82) is 0 Å². The topological polar surface area (TPSA) is 153 Å². The first-order valence-corrected chi connectivity index (χ1v) is 12.7. The molecule has 0 atom stereocenters. The Balaban J connectivity index is 1.18. The molecule has 3 aliphatic carbocycles. The van der Waals surface area contributed by atoms with E-state index in [1.165, 1.54) is 6.07 Å². The summed E-state index contributed by atoms with van der Waals surface area (Å²) < 4.78 is 20.9. The van der Waals surface area contributed by atoms with Gasteiger partial charge in [-0.1, -0.05) is 6.07 Å². The molecule has 12 heteroatoms. The number of carbonyl (C=O) groups is 3. The highest BCUT2D eigenvalue weighted by atomic mass is 19.1. The second kappa shape index (κ2) is 9.05. The molecule has 0 unspecified atom stereocenters. The molecular formula is C26H28FN7O4. The SMILES string of the molecule is NC12CCC(CNC(=O)c3cc(C(=O)NCc4ccc5c(c4)NC(=O)CO5)nc4c(F)cnn34)(CC1)CC2. The fourth-order valence-electron chi connectivity index (χ4n) is 5.64. The van der Waals surface area contributed by atoms with Gasteiger partial charge in [-0.25, -0.2) is 13.9 Å². The van der Waals surface area contributed by atoms with Gasteiger partial charge in [0.05, 0.1) is 11.9 Å². The van der Waals surface area contributed by atoms with E-state index in [1.807, 2.05) is 0 Å². The number of anilines is 1. The van der Waals surface area contributed by atoms with E-state index in [-0.39, 0.29) is 47.0 Å². The number of nitrogens with two attached hydrogens (primary N) is 1. The van der Waals surface area contributed by atoms with E-state index in [1.54, 1.807) is 18.2 Å². The molecule has 0 spiro atoms. The number of nitrogens with one attached hydrogen (secondary N) is 3. The monoisotopic (exact) mass is 521 g/mol. The van der Waals surface area contributed by atoms with Gasteiger partial charge in [0.25, 0.3) is 17.7 Å². The van der Waals surface area contributed by atoms with Crippen LogP contribution in [0.25, 0.3) is 5.65 Å². The lowest BCUT2D eigenvalue weighted by Gasteiger charge is -2.51. The lowest BCUT2D eigenvalue weighted by atomic mass is 9.57. The summed E-state index contributed by atoms with van der Waals surface area (Å²) in [5.74, 6) is -1.50. The maximum Gasteiger partial charge on any atom is 0.270 e. The Kier molecular flexibility index (Phi) is 5.78. The molecule has 3 saturated carbocycles. The van der Waals surface area contributed by atoms with Crippen molar-refractivity contribution in [3.05, 3.63) is 53.2 Å². The van der Waals surface area contributed by atoms with Gasteiger partial charge in [-0.3, -0.25) is 14.4 Å². The summed E-state index contributed by atoms with van der Waals surface area (Å²) >= 11 is 0. The minimum atomic E-state index is -0.739. The molecule has 1 aliphatic heterocycles. The van der Waals surface area contributed by atoms with Crippen molar-refractivity contribution < 1.29 is 23.5 Å². The Labute approximate surface area is 217 Å². The number of nitrogens with zero attached hydrogens (tertiary/aromatic N) is 3. The molecule has 38 heavy (non-hydrogen) atoms. The van der Waals surface area contributed by atoms with E-state index in [2.05, 4.69) is 26.0 Å². The van der Waals surface area contributed by atoms with Crippen LogP contribution in [0.2, 0.25) is 0 Å². The average molecular weight is 522 g/mol. The van der Waals surface area contributed by atoms with Crippen molar-refractivity contribution in [2.24, 2.45) is 11.1 Å². The summed E-state index contributed by atoms with van der Waals surface area (Å²) in [5, 5.41) is 12.4. The molecule has 3 heterocycles. The molecular weight excluding hydrogens is 493 g/mol. The highest BCUT2D eigenvalue weighted by Crippen LogP contribution is 2.50. The second-order valence-corrected chi connectivity index (χ2v) is 10.6. The molecule has 5 N–H and O–H groups in total. The fourth-order valence-corrected chi connectivity index (χ4v) is 5.64. The highest BCUT2D eigenvalue weighted by Gasteiger charge is 2.46. The van der Waals surface area contributed by atoms with Crippen LogP contribution in [0.5, 0.6) is 5.75 Å². The normalized spacial score (nSPS) is 23.9. The highest BCUT2D eigenvalue weighted by molar-refractivity contribution is 5.98. The lowest BCUT2D eigenvalue weighted by Crippen LogP contribution is -2.54. The van der Waals surface area contributed by atoms with Gasteiger partial charge in [0.15, 0.2) is 18.1 Å². The van der Waals surface area contributed by atoms with Gasteiger partial charge in [-0.2, -0.15) is 5.10 Å². The molecule has 0 saturated heterocycles. The number of hydrogen-bond acceptors (Lipinski definition) is 7. The van der Waals surface area contributed by atoms with Crippen LogP contribution in [0.4, 0.5) is 10.1 Å². The molecule has 198 valence electrons. The van der Waals surface area contributed by atoms with Crippen LogP contribution in [0, 0.1) is 11.2 Å². The summed E-state index contributed by atoms with van der Waals surface area (Å²) in [6.45, 7) is 0.548. The van der Waals surface area contributed by atoms with Crippen molar-refractivity contribution in [2.75, 3.05) is 18.5 Å². The van der Waals surface area contributed by atoms with E-state index in [0.717, 1.165) is 49.2 Å². The van der Waals surface area contributed by atoms with Crippen molar-refractivity contribution >= 4 is 29.1 Å². The van der Waals surface area contributed by atoms with Crippen LogP contribution in [0.3, 0.4) is 0 Å². The Bertz CT molecular complexity index is 1440. The van der Waals surface area contributed by atoms with Gasteiger partial charge in [-0.15, -0.1) is 0 Å². The van der Waals surface area contributed by atoms with Gasteiger partial charge in [-0.05, 0) is 61.6 Å². The third kappa shape index (κ3) is 4.44. The van der Waals surface area contributed by atoms with E-state index in [4.69, 9.17) is 10.5 Å². The molecule has 3 amide bonds. The maximum atomic E-state index is 14.4. The fraction of sp³-hybridized carbons (Fsp3) is 0.423. The van der Waals surface area contributed by atoms with Crippen LogP contribution in [-0.2, 0) is 11.3 Å². The van der Waals surface area contributed by atoms with Crippen molar-refractivity contribution in [3.8, 4) is 5.75 Å². The number of carbonyl (C=O) groups excluding carboxylic acids is 3. The summed E-state index contributed by atoms with van der Waals surface area (Å²) in [4.78, 5) is 41.9. The summed E-state index contributed by atoms with van der Waals surface area (Å²) in [7, 11) is 0. The molecule has 11 nitrogen and oxygen atoms in total. The third-order valence-corrected chi connectivity index (χ3v) is 8.11. The van der Waals surface area contributed by atoms with Crippen LogP contribution in [0.1, 0.15) is 65.1 Å². The van der Waals surface area contributed by atoms with Crippen LogP contribution < -0.4 is 26.4 Å². The molecule has 7 rings (SSSR count). The number of halogens is 1. The van der Waals surface area contributed by atoms with Gasteiger partial charge in [0, 0.05) is 24.7 Å². The van der Waals surface area contributed by atoms with Crippen LogP contribution >= 0.6 is 0 Å². The zero-order valence-corrected chi connectivity index (χ0v) is 20.7. The predicted molar refractivity (Wildman–Crippen MR) is 134 cm³/mol. The summed E-state index contributed by atoms with van der Waals surface area (Å²) in [6, 6.07) is 6.47. The number of hydrogen-bond donors (Lipinski definition) is 4. The molecule has 3 aromatic rings. The van der Waals surface area contributed by atoms with E-state index < -0.39 is 17.6 Å². The van der Waals surface area contributed by atoms with E-state index in [9.17, 15) is 18.8 Å². The van der Waals surface area contributed by atoms with Crippen molar-refractivity contribution in [2.45, 2.75) is 50.6 Å².